The molecule has 3 rings (SSSR count). The molecule has 0 bridgehead atoms. The van der Waals surface area contributed by atoms with E-state index in [0.717, 1.165) is 10.3 Å². The zero-order valence-corrected chi connectivity index (χ0v) is 18.6. The average Bonchev–Trinajstić information content (AvgIpc) is 2.99. The Kier molecular flexibility index (Phi) is 6.53. The maximum absolute atomic E-state index is 12.4. The number of benzene rings is 2. The highest BCUT2D eigenvalue weighted by Gasteiger charge is 2.28. The first kappa shape index (κ1) is 22.9. The molecule has 0 aliphatic heterocycles. The molecule has 8 nitrogen and oxygen atoms in total. The highest BCUT2D eigenvalue weighted by atomic mass is 16.7. The van der Waals surface area contributed by atoms with Crippen LogP contribution in [0.2, 0.25) is 0 Å². The molecule has 3 aromatic rings. The van der Waals surface area contributed by atoms with Crippen molar-refractivity contribution in [3.63, 3.8) is 0 Å². The molecule has 0 aliphatic carbocycles. The molecule has 0 radical (unpaired) electrons. The molecule has 168 valence electrons. The summed E-state index contributed by atoms with van der Waals surface area (Å²) in [6.45, 7) is 6.80. The maximum Gasteiger partial charge on any atom is 0.338 e. The van der Waals surface area contributed by atoms with Crippen molar-refractivity contribution in [3.05, 3.63) is 59.7 Å². The predicted octanol–water partition coefficient (Wildman–Crippen LogP) is 3.92. The van der Waals surface area contributed by atoms with Crippen LogP contribution in [0.3, 0.4) is 0 Å². The van der Waals surface area contributed by atoms with Crippen molar-refractivity contribution < 1.29 is 24.3 Å². The first-order chi connectivity index (χ1) is 15.1. The predicted molar refractivity (Wildman–Crippen MR) is 122 cm³/mol. The lowest BCUT2D eigenvalue weighted by molar-refractivity contribution is -0.153. The van der Waals surface area contributed by atoms with Crippen LogP contribution in [0.1, 0.15) is 43.6 Å². The summed E-state index contributed by atoms with van der Waals surface area (Å²) in [5.41, 5.74) is 1.02. The molecule has 2 aromatic carbocycles. The molecule has 32 heavy (non-hydrogen) atoms. The Hall–Kier alpha value is -3.81. The second-order valence-corrected chi connectivity index (χ2v) is 8.53. The van der Waals surface area contributed by atoms with E-state index in [0.29, 0.717) is 24.0 Å². The second-order valence-electron chi connectivity index (χ2n) is 8.53. The second kappa shape index (κ2) is 9.13. The summed E-state index contributed by atoms with van der Waals surface area (Å²) in [7, 11) is 0. The third kappa shape index (κ3) is 5.08. The highest BCUT2D eigenvalue weighted by Crippen LogP contribution is 2.33. The molecule has 0 saturated carbocycles. The van der Waals surface area contributed by atoms with Crippen molar-refractivity contribution in [2.45, 2.75) is 34.1 Å². The lowest BCUT2D eigenvalue weighted by Gasteiger charge is -2.17. The van der Waals surface area contributed by atoms with Crippen molar-refractivity contribution in [2.24, 2.45) is 5.41 Å². The van der Waals surface area contributed by atoms with E-state index in [9.17, 15) is 19.5 Å². The van der Waals surface area contributed by atoms with Crippen LogP contribution < -0.4 is 15.5 Å². The minimum Gasteiger partial charge on any atom is -0.492 e. The first-order valence-electron chi connectivity index (χ1n) is 10.3. The smallest absolute Gasteiger partial charge is 0.338 e. The fourth-order valence-corrected chi connectivity index (χ4v) is 3.12. The van der Waals surface area contributed by atoms with E-state index in [1.54, 1.807) is 32.9 Å². The molecular formula is C24H27N3O5. The third-order valence-corrected chi connectivity index (χ3v) is 4.84. The summed E-state index contributed by atoms with van der Waals surface area (Å²) in [6.07, 6.45) is 0.689. The number of carbonyl (C=O) groups excluding carboxylic acids is 3. The Morgan fingerprint density at radius 2 is 1.75 bits per heavy atom. The molecule has 1 aromatic heterocycles. The minimum atomic E-state index is -0.825. The van der Waals surface area contributed by atoms with Crippen molar-refractivity contribution in [1.82, 2.24) is 10.0 Å². The molecule has 1 heterocycles. The molecule has 0 atom stereocenters. The van der Waals surface area contributed by atoms with Crippen LogP contribution in [-0.4, -0.2) is 34.2 Å². The van der Waals surface area contributed by atoms with Gasteiger partial charge in [-0.25, -0.2) is 9.59 Å². The number of carbonyl (C=O) groups is 3. The summed E-state index contributed by atoms with van der Waals surface area (Å²) >= 11 is 0. The lowest BCUT2D eigenvalue weighted by Crippen LogP contribution is -2.31. The van der Waals surface area contributed by atoms with Crippen molar-refractivity contribution in [3.8, 4) is 5.88 Å². The van der Waals surface area contributed by atoms with Gasteiger partial charge in [0.2, 0.25) is 5.88 Å². The van der Waals surface area contributed by atoms with Gasteiger partial charge < -0.3 is 20.6 Å². The number of nitrogens with zero attached hydrogens (tertiary/aromatic N) is 1. The molecule has 0 aliphatic rings. The molecule has 2 amide bonds. The summed E-state index contributed by atoms with van der Waals surface area (Å²) in [4.78, 5) is 42.1. The lowest BCUT2D eigenvalue weighted by atomic mass is 9.98. The molecular weight excluding hydrogens is 410 g/mol. The van der Waals surface area contributed by atoms with Crippen molar-refractivity contribution in [2.75, 3.05) is 11.9 Å². The van der Waals surface area contributed by atoms with Crippen molar-refractivity contribution in [1.29, 1.82) is 0 Å². The van der Waals surface area contributed by atoms with Gasteiger partial charge in [0.15, 0.2) is 5.78 Å². The van der Waals surface area contributed by atoms with Crippen LogP contribution in [0.15, 0.2) is 48.5 Å². The highest BCUT2D eigenvalue weighted by molar-refractivity contribution is 6.10. The standard InChI is InChI=1S/C24H27N3O5/c1-15(28)20-18-11-10-17(26-23(31)25-13-12-16-8-6-5-7-9-16)14-19(18)27(21(20)29)32-22(30)24(2,3)4/h5-11,14,29H,12-13H2,1-4H3,(H2,25,26,31). The number of urea groups is 1. The fourth-order valence-electron chi connectivity index (χ4n) is 3.12. The number of aromatic nitrogens is 1. The first-order valence-corrected chi connectivity index (χ1v) is 10.3. The van der Waals surface area contributed by atoms with Crippen LogP contribution in [0.4, 0.5) is 10.5 Å². The van der Waals surface area contributed by atoms with Gasteiger partial charge in [0, 0.05) is 17.6 Å². The molecule has 0 spiro atoms. The van der Waals surface area contributed by atoms with E-state index >= 15 is 0 Å². The van der Waals surface area contributed by atoms with E-state index in [1.165, 1.54) is 13.0 Å². The number of fused-ring (bicyclic) bond motifs is 1. The van der Waals surface area contributed by atoms with E-state index in [2.05, 4.69) is 10.6 Å². The number of anilines is 1. The summed E-state index contributed by atoms with van der Waals surface area (Å²) in [5.74, 6) is -1.43. The van der Waals surface area contributed by atoms with E-state index in [-0.39, 0.29) is 16.9 Å². The maximum atomic E-state index is 12.4. The number of rotatable bonds is 6. The Labute approximate surface area is 186 Å². The SMILES string of the molecule is CC(=O)c1c(O)n(OC(=O)C(C)(C)C)c2cc(NC(=O)NCCc3ccccc3)ccc12. The summed E-state index contributed by atoms with van der Waals surface area (Å²) < 4.78 is 0.929. The largest absolute Gasteiger partial charge is 0.492 e. The fraction of sp³-hybridized carbons (Fsp3) is 0.292. The Morgan fingerprint density at radius 3 is 2.38 bits per heavy atom. The topological polar surface area (TPSA) is 110 Å². The van der Waals surface area contributed by atoms with E-state index < -0.39 is 23.3 Å². The number of ketones is 1. The van der Waals surface area contributed by atoms with Gasteiger partial charge in [-0.05, 0) is 57.9 Å². The normalized spacial score (nSPS) is 11.2. The van der Waals surface area contributed by atoms with Crippen LogP contribution in [0, 0.1) is 5.41 Å². The number of hydrogen-bond acceptors (Lipinski definition) is 5. The number of nitrogens with one attached hydrogen (secondary N) is 2. The van der Waals surface area contributed by atoms with Gasteiger partial charge in [-0.15, -0.1) is 4.73 Å². The number of hydrogen-bond donors (Lipinski definition) is 3. The zero-order chi connectivity index (χ0) is 23.5. The summed E-state index contributed by atoms with van der Waals surface area (Å²) in [6, 6.07) is 14.1. The molecule has 0 unspecified atom stereocenters. The van der Waals surface area contributed by atoms with Gasteiger partial charge in [-0.1, -0.05) is 30.3 Å². The van der Waals surface area contributed by atoms with Gasteiger partial charge in [-0.2, -0.15) is 0 Å². The number of aromatic hydroxyl groups is 1. The van der Waals surface area contributed by atoms with Gasteiger partial charge in [-0.3, -0.25) is 4.79 Å². The number of Topliss-reactive ketones (excluding diaryl/α,β-unsaturated/α-hetero) is 1. The molecule has 0 fully saturated rings. The van der Waals surface area contributed by atoms with E-state index in [1.807, 2.05) is 30.3 Å². The quantitative estimate of drug-likeness (QED) is 0.507. The third-order valence-electron chi connectivity index (χ3n) is 4.84. The molecule has 0 saturated heterocycles. The van der Waals surface area contributed by atoms with Crippen LogP contribution in [0.5, 0.6) is 5.88 Å². The molecule has 8 heteroatoms. The Balaban J connectivity index is 1.81. The summed E-state index contributed by atoms with van der Waals surface area (Å²) in [5, 5.41) is 16.5. The van der Waals surface area contributed by atoms with Gasteiger partial charge >= 0.3 is 12.0 Å². The van der Waals surface area contributed by atoms with Crippen LogP contribution in [0.25, 0.3) is 10.9 Å². The molecule has 3 N–H and O–H groups in total. The Bertz CT molecular complexity index is 1160. The average molecular weight is 437 g/mol. The van der Waals surface area contributed by atoms with Crippen LogP contribution in [-0.2, 0) is 11.2 Å². The number of amides is 2. The van der Waals surface area contributed by atoms with Gasteiger partial charge in [0.25, 0.3) is 0 Å². The van der Waals surface area contributed by atoms with Gasteiger partial charge in [0.1, 0.15) is 0 Å². The zero-order valence-electron chi connectivity index (χ0n) is 18.6. The monoisotopic (exact) mass is 437 g/mol. The van der Waals surface area contributed by atoms with E-state index in [4.69, 9.17) is 4.84 Å². The van der Waals surface area contributed by atoms with Crippen molar-refractivity contribution >= 4 is 34.4 Å². The van der Waals surface area contributed by atoms with Gasteiger partial charge in [0.05, 0.1) is 16.5 Å². The van der Waals surface area contributed by atoms with Crippen LogP contribution >= 0.6 is 0 Å². The Morgan fingerprint density at radius 1 is 1.06 bits per heavy atom. The minimum absolute atomic E-state index is 0.0422.